The molecule has 2 N–H and O–H groups in total. The van der Waals surface area contributed by atoms with Crippen LogP contribution in [0.3, 0.4) is 0 Å². The largest absolute Gasteiger partial charge is 0.336 e. The molecule has 2 aliphatic rings. The first kappa shape index (κ1) is 17.5. The van der Waals surface area contributed by atoms with Crippen LogP contribution in [0.4, 0.5) is 9.18 Å². The van der Waals surface area contributed by atoms with Gasteiger partial charge in [-0.3, -0.25) is 4.90 Å². The molecule has 2 saturated heterocycles. The Morgan fingerprint density at radius 3 is 2.62 bits per heavy atom. The van der Waals surface area contributed by atoms with Gasteiger partial charge in [0.15, 0.2) is 0 Å². The highest BCUT2D eigenvalue weighted by Crippen LogP contribution is 2.37. The monoisotopic (exact) mass is 373 g/mol. The maximum Gasteiger partial charge on any atom is 0.315 e. The van der Waals surface area contributed by atoms with Crippen LogP contribution in [-0.2, 0) is 12.0 Å². The molecule has 0 bridgehead atoms. The number of urea groups is 1. The van der Waals surface area contributed by atoms with E-state index in [0.717, 1.165) is 24.2 Å². The lowest BCUT2D eigenvalue weighted by Gasteiger charge is -2.47. The van der Waals surface area contributed by atoms with E-state index in [4.69, 9.17) is 0 Å². The summed E-state index contributed by atoms with van der Waals surface area (Å²) in [4.78, 5) is 16.1. The fraction of sp³-hybridized carbons (Fsp3) is 0.450. The number of carbonyl (C=O) groups is 1. The lowest BCUT2D eigenvalue weighted by molar-refractivity contribution is 0.0596. The van der Waals surface area contributed by atoms with E-state index in [0.29, 0.717) is 13.1 Å². The van der Waals surface area contributed by atoms with Gasteiger partial charge in [-0.25, -0.2) is 9.18 Å². The third kappa shape index (κ3) is 3.23. The molecule has 0 aliphatic carbocycles. The molecule has 0 unspecified atom stereocenters. The molecule has 4 rings (SSSR count). The average Bonchev–Trinajstić information content (AvgIpc) is 3.14. The van der Waals surface area contributed by atoms with Gasteiger partial charge in [-0.05, 0) is 40.8 Å². The van der Waals surface area contributed by atoms with E-state index in [1.165, 1.54) is 15.8 Å². The van der Waals surface area contributed by atoms with Crippen LogP contribution in [0.25, 0.3) is 10.4 Å². The van der Waals surface area contributed by atoms with Crippen molar-refractivity contribution in [3.05, 3.63) is 46.6 Å². The predicted octanol–water partition coefficient (Wildman–Crippen LogP) is 3.72. The lowest BCUT2D eigenvalue weighted by atomic mass is 9.90. The number of hydrogen-bond donors (Lipinski definition) is 2. The average molecular weight is 373 g/mol. The first-order valence-electron chi connectivity index (χ1n) is 8.92. The molecule has 0 atom stereocenters. The zero-order valence-electron chi connectivity index (χ0n) is 15.4. The van der Waals surface area contributed by atoms with Gasteiger partial charge >= 0.3 is 6.03 Å². The number of rotatable bonds is 3. The summed E-state index contributed by atoms with van der Waals surface area (Å²) in [7, 11) is 0. The Hall–Kier alpha value is -1.92. The molecular formula is C20H24FN3OS. The molecule has 4 nitrogen and oxygen atoms in total. The number of benzene rings is 1. The van der Waals surface area contributed by atoms with Crippen molar-refractivity contribution in [2.75, 3.05) is 19.6 Å². The van der Waals surface area contributed by atoms with E-state index >= 15 is 0 Å². The molecule has 2 amide bonds. The standard InChI is InChI=1S/C20H24FN3OS/c1-19(2,3)17-7-6-16(26-17)15-5-4-14(21)8-13(15)9-24-11-20(12-24)10-22-18(25)23-20/h4-8H,9-12H2,1-3H3,(H2,22,23,25). The molecule has 3 heterocycles. The number of thiophene rings is 1. The molecule has 2 aliphatic heterocycles. The number of likely N-dealkylation sites (tertiary alicyclic amines) is 1. The summed E-state index contributed by atoms with van der Waals surface area (Å²) >= 11 is 1.78. The number of hydrogen-bond acceptors (Lipinski definition) is 3. The second-order valence-electron chi connectivity index (χ2n) is 8.45. The van der Waals surface area contributed by atoms with Crippen LogP contribution in [0.2, 0.25) is 0 Å². The van der Waals surface area contributed by atoms with Crippen molar-refractivity contribution in [2.45, 2.75) is 38.3 Å². The van der Waals surface area contributed by atoms with Crippen LogP contribution in [0.5, 0.6) is 0 Å². The highest BCUT2D eigenvalue weighted by Gasteiger charge is 2.47. The Bertz CT molecular complexity index is 849. The van der Waals surface area contributed by atoms with Gasteiger partial charge in [-0.15, -0.1) is 11.3 Å². The van der Waals surface area contributed by atoms with Crippen LogP contribution in [0.1, 0.15) is 31.2 Å². The molecule has 6 heteroatoms. The number of carbonyl (C=O) groups excluding carboxylic acids is 1. The summed E-state index contributed by atoms with van der Waals surface area (Å²) in [5.41, 5.74) is 2.06. The van der Waals surface area contributed by atoms with Crippen molar-refractivity contribution in [1.29, 1.82) is 0 Å². The minimum Gasteiger partial charge on any atom is -0.336 e. The molecule has 1 aromatic carbocycles. The smallest absolute Gasteiger partial charge is 0.315 e. The quantitative estimate of drug-likeness (QED) is 0.861. The van der Waals surface area contributed by atoms with Crippen LogP contribution in [0, 0.1) is 5.82 Å². The fourth-order valence-corrected chi connectivity index (χ4v) is 4.88. The van der Waals surface area contributed by atoms with E-state index in [2.05, 4.69) is 48.4 Å². The van der Waals surface area contributed by atoms with Crippen LogP contribution in [-0.4, -0.2) is 36.1 Å². The van der Waals surface area contributed by atoms with Gasteiger partial charge in [0.25, 0.3) is 0 Å². The molecule has 0 radical (unpaired) electrons. The second kappa shape index (κ2) is 6.06. The maximum absolute atomic E-state index is 13.9. The summed E-state index contributed by atoms with van der Waals surface area (Å²) in [6.45, 7) is 9.55. The van der Waals surface area contributed by atoms with Crippen LogP contribution >= 0.6 is 11.3 Å². The van der Waals surface area contributed by atoms with Gasteiger partial charge in [0, 0.05) is 35.9 Å². The van der Waals surface area contributed by atoms with E-state index in [1.54, 1.807) is 17.4 Å². The first-order valence-corrected chi connectivity index (χ1v) is 9.73. The fourth-order valence-electron chi connectivity index (χ4n) is 3.75. The highest BCUT2D eigenvalue weighted by atomic mass is 32.1. The molecule has 2 aromatic rings. The topological polar surface area (TPSA) is 44.4 Å². The Balaban J connectivity index is 1.54. The Morgan fingerprint density at radius 1 is 1.23 bits per heavy atom. The first-order chi connectivity index (χ1) is 12.2. The van der Waals surface area contributed by atoms with Gasteiger partial charge in [0.1, 0.15) is 5.82 Å². The Labute approximate surface area is 157 Å². The Morgan fingerprint density at radius 2 is 2.00 bits per heavy atom. The summed E-state index contributed by atoms with van der Waals surface area (Å²) < 4.78 is 13.9. The van der Waals surface area contributed by atoms with Crippen LogP contribution in [0.15, 0.2) is 30.3 Å². The lowest BCUT2D eigenvalue weighted by Crippen LogP contribution is -2.68. The number of amides is 2. The third-order valence-electron chi connectivity index (χ3n) is 5.09. The van der Waals surface area contributed by atoms with Gasteiger partial charge < -0.3 is 10.6 Å². The summed E-state index contributed by atoms with van der Waals surface area (Å²) in [5, 5.41) is 5.82. The molecule has 2 fully saturated rings. The normalized spacial score (nSPS) is 19.3. The van der Waals surface area contributed by atoms with Crippen molar-refractivity contribution < 1.29 is 9.18 Å². The zero-order chi connectivity index (χ0) is 18.5. The van der Waals surface area contributed by atoms with Crippen LogP contribution < -0.4 is 10.6 Å². The van der Waals surface area contributed by atoms with E-state index in [1.807, 2.05) is 6.07 Å². The van der Waals surface area contributed by atoms with Crippen molar-refractivity contribution in [1.82, 2.24) is 15.5 Å². The minimum atomic E-state index is -0.206. The molecule has 0 saturated carbocycles. The van der Waals surface area contributed by atoms with Gasteiger partial charge in [0.2, 0.25) is 0 Å². The molecule has 26 heavy (non-hydrogen) atoms. The van der Waals surface area contributed by atoms with E-state index in [-0.39, 0.29) is 22.8 Å². The SMILES string of the molecule is CC(C)(C)c1ccc(-c2ccc(F)cc2CN2CC3(CNC(=O)N3)C2)s1. The molecule has 138 valence electrons. The van der Waals surface area contributed by atoms with Gasteiger partial charge in [-0.1, -0.05) is 26.8 Å². The minimum absolute atomic E-state index is 0.0932. The molecular weight excluding hydrogens is 349 g/mol. The Kier molecular flexibility index (Phi) is 4.08. The van der Waals surface area contributed by atoms with E-state index < -0.39 is 0 Å². The van der Waals surface area contributed by atoms with E-state index in [9.17, 15) is 9.18 Å². The summed E-state index contributed by atoms with van der Waals surface area (Å²) in [6, 6.07) is 9.28. The van der Waals surface area contributed by atoms with Crippen molar-refractivity contribution in [3.63, 3.8) is 0 Å². The number of nitrogens with zero attached hydrogens (tertiary/aromatic N) is 1. The highest BCUT2D eigenvalue weighted by molar-refractivity contribution is 7.15. The third-order valence-corrected chi connectivity index (χ3v) is 6.63. The summed E-state index contributed by atoms with van der Waals surface area (Å²) in [6.07, 6.45) is 0. The number of nitrogens with one attached hydrogen (secondary N) is 2. The molecule has 1 aromatic heterocycles. The predicted molar refractivity (Wildman–Crippen MR) is 103 cm³/mol. The van der Waals surface area contributed by atoms with Crippen molar-refractivity contribution in [3.8, 4) is 10.4 Å². The zero-order valence-corrected chi connectivity index (χ0v) is 16.2. The van der Waals surface area contributed by atoms with Gasteiger partial charge in [-0.2, -0.15) is 0 Å². The van der Waals surface area contributed by atoms with Crippen molar-refractivity contribution >= 4 is 17.4 Å². The van der Waals surface area contributed by atoms with Crippen molar-refractivity contribution in [2.24, 2.45) is 0 Å². The molecule has 1 spiro atoms. The maximum atomic E-state index is 13.9. The number of halogens is 1. The van der Waals surface area contributed by atoms with Gasteiger partial charge in [0.05, 0.1) is 5.54 Å². The second-order valence-corrected chi connectivity index (χ2v) is 9.53. The summed E-state index contributed by atoms with van der Waals surface area (Å²) in [5.74, 6) is -0.206.